The predicted molar refractivity (Wildman–Crippen MR) is 159 cm³/mol. The molecule has 0 bridgehead atoms. The third kappa shape index (κ3) is 4.18. The number of carbonyl (C=O) groups is 4. The molecule has 7 rings (SSSR count). The van der Waals surface area contributed by atoms with E-state index in [-0.39, 0.29) is 28.0 Å². The highest BCUT2D eigenvalue weighted by atomic mass is 19.4. The molecule has 0 unspecified atom stereocenters. The summed E-state index contributed by atoms with van der Waals surface area (Å²) in [5.74, 6) is -2.87. The van der Waals surface area contributed by atoms with E-state index < -0.39 is 58.5 Å². The molecule has 0 N–H and O–H groups in total. The quantitative estimate of drug-likeness (QED) is 0.108. The molecule has 1 aliphatic carbocycles. The normalized spacial score (nSPS) is 21.0. The maximum Gasteiger partial charge on any atom is 0.416 e. The zero-order chi connectivity index (χ0) is 31.7. The van der Waals surface area contributed by atoms with E-state index in [2.05, 4.69) is 0 Å². The van der Waals surface area contributed by atoms with Crippen molar-refractivity contribution >= 4 is 35.1 Å². The standard InChI is InChI=1S/C36H24F3NO5/c1-20(41)45-25-17-12-23(13-18-25)32(42)31-30(22-10-15-24(16-11-22)36(37,38)39)35(33(43)26-7-3-4-8-27(26)34(35)44)29-19-14-21-6-2-5-9-28(21)40(29)31/h2-19,29-31H,1H3/t29-,30+,31+/m1/s1. The maximum atomic E-state index is 14.7. The van der Waals surface area contributed by atoms with Gasteiger partial charge >= 0.3 is 12.1 Å². The fourth-order valence-corrected chi connectivity index (χ4v) is 7.19. The number of hydrogen-bond acceptors (Lipinski definition) is 6. The second-order valence-corrected chi connectivity index (χ2v) is 11.4. The Morgan fingerprint density at radius 2 is 1.40 bits per heavy atom. The van der Waals surface area contributed by atoms with Crippen molar-refractivity contribution in [1.29, 1.82) is 0 Å². The first-order valence-corrected chi connectivity index (χ1v) is 14.3. The van der Waals surface area contributed by atoms with Crippen LogP contribution < -0.4 is 9.64 Å². The van der Waals surface area contributed by atoms with Crippen LogP contribution in [0.2, 0.25) is 0 Å². The lowest BCUT2D eigenvalue weighted by molar-refractivity contribution is -0.137. The number of esters is 1. The zero-order valence-corrected chi connectivity index (χ0v) is 23.7. The van der Waals surface area contributed by atoms with Gasteiger partial charge in [-0.15, -0.1) is 0 Å². The fourth-order valence-electron chi connectivity index (χ4n) is 7.19. The number of ether oxygens (including phenoxy) is 1. The molecule has 45 heavy (non-hydrogen) atoms. The summed E-state index contributed by atoms with van der Waals surface area (Å²) in [4.78, 5) is 57.2. The van der Waals surface area contributed by atoms with Crippen LogP contribution in [-0.2, 0) is 11.0 Å². The molecule has 1 spiro atoms. The highest BCUT2D eigenvalue weighted by Gasteiger charge is 2.71. The van der Waals surface area contributed by atoms with Crippen LogP contribution in [0.5, 0.6) is 5.75 Å². The third-order valence-electron chi connectivity index (χ3n) is 8.98. The van der Waals surface area contributed by atoms with Crippen molar-refractivity contribution in [3.8, 4) is 5.75 Å². The molecule has 0 aromatic heterocycles. The van der Waals surface area contributed by atoms with Crippen molar-refractivity contribution in [1.82, 2.24) is 0 Å². The second kappa shape index (κ2) is 10.1. The number of halogens is 3. The van der Waals surface area contributed by atoms with E-state index in [0.29, 0.717) is 5.69 Å². The Hall–Kier alpha value is -5.31. The number of carbonyl (C=O) groups excluding carboxylic acids is 4. The molecular formula is C36H24F3NO5. The monoisotopic (exact) mass is 607 g/mol. The lowest BCUT2D eigenvalue weighted by atomic mass is 9.64. The van der Waals surface area contributed by atoms with Gasteiger partial charge in [0.05, 0.1) is 11.6 Å². The Morgan fingerprint density at radius 1 is 0.800 bits per heavy atom. The minimum atomic E-state index is -4.61. The Morgan fingerprint density at radius 3 is 2.00 bits per heavy atom. The van der Waals surface area contributed by atoms with Crippen LogP contribution in [-0.4, -0.2) is 35.4 Å². The lowest BCUT2D eigenvalue weighted by Crippen LogP contribution is -2.48. The van der Waals surface area contributed by atoms with Gasteiger partial charge in [0.15, 0.2) is 17.3 Å². The van der Waals surface area contributed by atoms with E-state index in [9.17, 15) is 32.3 Å². The number of ketones is 3. The molecule has 1 saturated heterocycles. The molecule has 224 valence electrons. The molecule has 0 amide bonds. The summed E-state index contributed by atoms with van der Waals surface area (Å²) < 4.78 is 46.0. The number of benzene rings is 4. The maximum absolute atomic E-state index is 14.7. The smallest absolute Gasteiger partial charge is 0.416 e. The van der Waals surface area contributed by atoms with Crippen LogP contribution in [0.25, 0.3) is 6.08 Å². The van der Waals surface area contributed by atoms with Gasteiger partial charge in [0.25, 0.3) is 0 Å². The van der Waals surface area contributed by atoms with Gasteiger partial charge in [0.2, 0.25) is 0 Å². The largest absolute Gasteiger partial charge is 0.427 e. The molecule has 6 nitrogen and oxygen atoms in total. The van der Waals surface area contributed by atoms with Gasteiger partial charge in [-0.2, -0.15) is 13.2 Å². The highest BCUT2D eigenvalue weighted by Crippen LogP contribution is 2.61. The number of fused-ring (bicyclic) bond motifs is 5. The molecule has 2 heterocycles. The molecule has 3 aliphatic rings. The summed E-state index contributed by atoms with van der Waals surface area (Å²) in [5.41, 5.74) is -0.460. The summed E-state index contributed by atoms with van der Waals surface area (Å²) in [6.07, 6.45) is -1.05. The van der Waals surface area contributed by atoms with Crippen molar-refractivity contribution in [3.05, 3.63) is 137 Å². The molecule has 0 radical (unpaired) electrons. The van der Waals surface area contributed by atoms with Crippen LogP contribution >= 0.6 is 0 Å². The van der Waals surface area contributed by atoms with Crippen LogP contribution in [0.1, 0.15) is 60.6 Å². The molecule has 2 aliphatic heterocycles. The van der Waals surface area contributed by atoms with Crippen LogP contribution in [0.3, 0.4) is 0 Å². The number of hydrogen-bond donors (Lipinski definition) is 0. The number of rotatable bonds is 4. The number of nitrogens with zero attached hydrogens (tertiary/aromatic N) is 1. The van der Waals surface area contributed by atoms with E-state index in [1.807, 2.05) is 18.2 Å². The summed E-state index contributed by atoms with van der Waals surface area (Å²) in [6.45, 7) is 1.25. The van der Waals surface area contributed by atoms with Gasteiger partial charge in [0, 0.05) is 35.2 Å². The molecule has 4 aromatic carbocycles. The topological polar surface area (TPSA) is 80.8 Å². The Labute approximate surface area is 255 Å². The first-order valence-electron chi connectivity index (χ1n) is 14.3. The molecule has 0 saturated carbocycles. The van der Waals surface area contributed by atoms with Crippen molar-refractivity contribution in [3.63, 3.8) is 0 Å². The first kappa shape index (κ1) is 28.5. The number of para-hydroxylation sites is 1. The average molecular weight is 608 g/mol. The Kier molecular flexibility index (Phi) is 6.40. The molecule has 4 aromatic rings. The Balaban J connectivity index is 1.48. The number of Topliss-reactive ketones (excluding diaryl/α,β-unsaturated/α-hetero) is 3. The number of alkyl halides is 3. The van der Waals surface area contributed by atoms with Crippen molar-refractivity contribution in [2.24, 2.45) is 5.41 Å². The van der Waals surface area contributed by atoms with E-state index in [1.54, 1.807) is 47.4 Å². The lowest BCUT2D eigenvalue weighted by Gasteiger charge is -2.37. The van der Waals surface area contributed by atoms with Crippen LogP contribution in [0.4, 0.5) is 18.9 Å². The van der Waals surface area contributed by atoms with Gasteiger partial charge in [-0.3, -0.25) is 19.2 Å². The van der Waals surface area contributed by atoms with E-state index in [4.69, 9.17) is 4.74 Å². The van der Waals surface area contributed by atoms with E-state index in [1.165, 1.54) is 43.3 Å². The summed E-state index contributed by atoms with van der Waals surface area (Å²) >= 11 is 0. The fraction of sp³-hybridized carbons (Fsp3) is 0.167. The van der Waals surface area contributed by atoms with Crippen LogP contribution in [0, 0.1) is 5.41 Å². The first-order chi connectivity index (χ1) is 21.5. The summed E-state index contributed by atoms with van der Waals surface area (Å²) in [7, 11) is 0. The van der Waals surface area contributed by atoms with Gasteiger partial charge in [0.1, 0.15) is 17.2 Å². The zero-order valence-electron chi connectivity index (χ0n) is 23.7. The minimum absolute atomic E-state index is 0.213. The summed E-state index contributed by atoms with van der Waals surface area (Å²) in [5, 5.41) is 0. The predicted octanol–water partition coefficient (Wildman–Crippen LogP) is 6.95. The Bertz CT molecular complexity index is 1890. The SMILES string of the molecule is CC(=O)Oc1ccc(C(=O)[C@@H]2[C@H](c3ccc(C(F)(F)F)cc3)C3(C(=O)c4ccccc4C3=O)[C@H]3C=Cc4ccccc4N23)cc1. The van der Waals surface area contributed by atoms with Crippen molar-refractivity contribution in [2.45, 2.75) is 31.1 Å². The molecule has 1 fully saturated rings. The third-order valence-corrected chi connectivity index (χ3v) is 8.98. The summed E-state index contributed by atoms with van der Waals surface area (Å²) in [6, 6.07) is 21.9. The molecular weight excluding hydrogens is 583 g/mol. The van der Waals surface area contributed by atoms with Gasteiger partial charge in [-0.05, 0) is 53.6 Å². The van der Waals surface area contributed by atoms with Crippen molar-refractivity contribution in [2.75, 3.05) is 4.90 Å². The molecule has 3 atom stereocenters. The van der Waals surface area contributed by atoms with Gasteiger partial charge in [-0.1, -0.05) is 66.7 Å². The average Bonchev–Trinajstić information content (AvgIpc) is 3.46. The highest BCUT2D eigenvalue weighted by molar-refractivity contribution is 6.32. The van der Waals surface area contributed by atoms with E-state index >= 15 is 0 Å². The van der Waals surface area contributed by atoms with Gasteiger partial charge < -0.3 is 9.64 Å². The van der Waals surface area contributed by atoms with Crippen LogP contribution in [0.15, 0.2) is 103 Å². The van der Waals surface area contributed by atoms with Crippen molar-refractivity contribution < 1.29 is 37.1 Å². The second-order valence-electron chi connectivity index (χ2n) is 11.4. The number of anilines is 1. The minimum Gasteiger partial charge on any atom is -0.427 e. The van der Waals surface area contributed by atoms with Gasteiger partial charge in [-0.25, -0.2) is 0 Å². The molecule has 9 heteroatoms. The van der Waals surface area contributed by atoms with E-state index in [0.717, 1.165) is 17.7 Å².